The minimum Gasteiger partial charge on any atom is -0.497 e. The van der Waals surface area contributed by atoms with E-state index in [9.17, 15) is 4.79 Å². The van der Waals surface area contributed by atoms with Crippen molar-refractivity contribution in [3.05, 3.63) is 29.3 Å². The van der Waals surface area contributed by atoms with Gasteiger partial charge in [0.05, 0.1) is 7.11 Å². The summed E-state index contributed by atoms with van der Waals surface area (Å²) in [7, 11) is 1.70. The van der Waals surface area contributed by atoms with Gasteiger partial charge in [-0.15, -0.1) is 0 Å². The largest absolute Gasteiger partial charge is 0.497 e. The van der Waals surface area contributed by atoms with Crippen molar-refractivity contribution in [3.8, 4) is 5.75 Å². The summed E-state index contributed by atoms with van der Waals surface area (Å²) in [6, 6.07) is 7.14. The summed E-state index contributed by atoms with van der Waals surface area (Å²) in [5.41, 5.74) is 2.74. The Morgan fingerprint density at radius 1 is 1.33 bits per heavy atom. The van der Waals surface area contributed by atoms with Crippen LogP contribution >= 0.6 is 0 Å². The van der Waals surface area contributed by atoms with Crippen molar-refractivity contribution in [2.24, 2.45) is 0 Å². The van der Waals surface area contributed by atoms with Gasteiger partial charge in [0.1, 0.15) is 5.75 Å². The van der Waals surface area contributed by atoms with Gasteiger partial charge in [-0.25, -0.2) is 0 Å². The van der Waals surface area contributed by atoms with Gasteiger partial charge in [0.25, 0.3) is 0 Å². The van der Waals surface area contributed by atoms with Crippen LogP contribution in [0.2, 0.25) is 0 Å². The number of hydrogen-bond acceptors (Lipinski definition) is 3. The minimum absolute atomic E-state index is 0.173. The number of methoxy groups -OCH3 is 1. The van der Waals surface area contributed by atoms with Crippen LogP contribution < -0.4 is 15.4 Å². The molecule has 0 aromatic heterocycles. The van der Waals surface area contributed by atoms with Gasteiger partial charge in [-0.05, 0) is 55.4 Å². The first-order valence-electron chi connectivity index (χ1n) is 7.96. The predicted octanol–water partition coefficient (Wildman–Crippen LogP) is 2.33. The first kappa shape index (κ1) is 14.4. The van der Waals surface area contributed by atoms with E-state index in [1.165, 1.54) is 17.5 Å². The number of benzene rings is 1. The van der Waals surface area contributed by atoms with Crippen molar-refractivity contribution in [1.82, 2.24) is 10.6 Å². The molecule has 3 rings (SSSR count). The molecule has 21 heavy (non-hydrogen) atoms. The molecule has 4 nitrogen and oxygen atoms in total. The third-order valence-corrected chi connectivity index (χ3v) is 4.35. The summed E-state index contributed by atoms with van der Waals surface area (Å²) in [4.78, 5) is 11.7. The zero-order chi connectivity index (χ0) is 14.7. The van der Waals surface area contributed by atoms with Crippen LogP contribution in [-0.2, 0) is 11.2 Å². The van der Waals surface area contributed by atoms with Crippen molar-refractivity contribution in [1.29, 1.82) is 0 Å². The van der Waals surface area contributed by atoms with Crippen LogP contribution in [-0.4, -0.2) is 25.6 Å². The molecule has 0 aliphatic heterocycles. The summed E-state index contributed by atoms with van der Waals surface area (Å²) in [6.45, 7) is 0.736. The number of carbonyl (C=O) groups excluding carboxylic acids is 1. The topological polar surface area (TPSA) is 50.4 Å². The second kappa shape index (κ2) is 6.48. The highest BCUT2D eigenvalue weighted by molar-refractivity contribution is 5.76. The van der Waals surface area contributed by atoms with Crippen molar-refractivity contribution in [3.63, 3.8) is 0 Å². The maximum Gasteiger partial charge on any atom is 0.221 e. The normalized spacial score (nSPS) is 20.7. The standard InChI is InChI=1S/C17H24N2O2/c1-21-14-8-5-12-3-2-4-16(15(12)11-14)18-10-9-17(20)19-13-6-7-13/h5,8,11,13,16,18H,2-4,6-7,9-10H2,1H3,(H,19,20). The number of ether oxygens (including phenoxy) is 1. The number of aryl methyl sites for hydroxylation is 1. The molecule has 1 saturated carbocycles. The Hall–Kier alpha value is -1.55. The fraction of sp³-hybridized carbons (Fsp3) is 0.588. The van der Waals surface area contributed by atoms with Crippen LogP contribution in [0.4, 0.5) is 0 Å². The fourth-order valence-corrected chi connectivity index (χ4v) is 3.00. The molecule has 1 fully saturated rings. The average Bonchev–Trinajstić information content (AvgIpc) is 3.31. The molecule has 0 heterocycles. The number of hydrogen-bond donors (Lipinski definition) is 2. The molecule has 4 heteroatoms. The number of nitrogens with one attached hydrogen (secondary N) is 2. The van der Waals surface area contributed by atoms with Crippen molar-refractivity contribution >= 4 is 5.91 Å². The summed E-state index contributed by atoms with van der Waals surface area (Å²) >= 11 is 0. The van der Waals surface area contributed by atoms with E-state index in [4.69, 9.17) is 4.74 Å². The third-order valence-electron chi connectivity index (χ3n) is 4.35. The molecular formula is C17H24N2O2. The van der Waals surface area contributed by atoms with Crippen molar-refractivity contribution in [2.75, 3.05) is 13.7 Å². The van der Waals surface area contributed by atoms with Gasteiger partial charge in [-0.3, -0.25) is 4.79 Å². The molecule has 1 aromatic carbocycles. The predicted molar refractivity (Wildman–Crippen MR) is 82.5 cm³/mol. The molecule has 1 aromatic rings. The van der Waals surface area contributed by atoms with Crippen molar-refractivity contribution < 1.29 is 9.53 Å². The van der Waals surface area contributed by atoms with Crippen LogP contribution in [0, 0.1) is 0 Å². The smallest absolute Gasteiger partial charge is 0.221 e. The Labute approximate surface area is 126 Å². The third kappa shape index (κ3) is 3.76. The monoisotopic (exact) mass is 288 g/mol. The molecule has 2 N–H and O–H groups in total. The highest BCUT2D eigenvalue weighted by Crippen LogP contribution is 2.32. The molecule has 1 atom stereocenters. The quantitative estimate of drug-likeness (QED) is 0.844. The molecular weight excluding hydrogens is 264 g/mol. The SMILES string of the molecule is COc1ccc2c(c1)C(NCCC(=O)NC1CC1)CCC2. The second-order valence-electron chi connectivity index (χ2n) is 6.06. The fourth-order valence-electron chi connectivity index (χ4n) is 3.00. The summed E-state index contributed by atoms with van der Waals surface area (Å²) < 4.78 is 5.33. The number of carbonyl (C=O) groups is 1. The lowest BCUT2D eigenvalue weighted by Gasteiger charge is -2.27. The van der Waals surface area contributed by atoms with Crippen LogP contribution in [0.25, 0.3) is 0 Å². The van der Waals surface area contributed by atoms with Crippen LogP contribution in [0.1, 0.15) is 49.3 Å². The zero-order valence-electron chi connectivity index (χ0n) is 12.7. The van der Waals surface area contributed by atoms with Gasteiger partial charge in [0, 0.05) is 25.0 Å². The Balaban J connectivity index is 1.55. The van der Waals surface area contributed by atoms with E-state index in [-0.39, 0.29) is 5.91 Å². The molecule has 2 aliphatic carbocycles. The van der Waals surface area contributed by atoms with E-state index >= 15 is 0 Å². The van der Waals surface area contributed by atoms with Gasteiger partial charge in [0.2, 0.25) is 5.91 Å². The molecule has 1 unspecified atom stereocenters. The van der Waals surface area contributed by atoms with E-state index in [0.29, 0.717) is 18.5 Å². The molecule has 114 valence electrons. The molecule has 0 radical (unpaired) electrons. The first-order chi connectivity index (χ1) is 10.3. The van der Waals surface area contributed by atoms with Gasteiger partial charge in [0.15, 0.2) is 0 Å². The van der Waals surface area contributed by atoms with Gasteiger partial charge >= 0.3 is 0 Å². The lowest BCUT2D eigenvalue weighted by molar-refractivity contribution is -0.121. The van der Waals surface area contributed by atoms with Gasteiger partial charge in [-0.1, -0.05) is 6.07 Å². The molecule has 0 bridgehead atoms. The highest BCUT2D eigenvalue weighted by atomic mass is 16.5. The number of fused-ring (bicyclic) bond motifs is 1. The first-order valence-corrected chi connectivity index (χ1v) is 7.96. The summed E-state index contributed by atoms with van der Waals surface area (Å²) in [5.74, 6) is 1.08. The Kier molecular flexibility index (Phi) is 4.44. The molecule has 0 spiro atoms. The maximum atomic E-state index is 11.7. The molecule has 1 amide bonds. The Bertz CT molecular complexity index is 512. The van der Waals surface area contributed by atoms with Crippen LogP contribution in [0.5, 0.6) is 5.75 Å². The number of rotatable bonds is 6. The lowest BCUT2D eigenvalue weighted by Crippen LogP contribution is -2.31. The minimum atomic E-state index is 0.173. The Morgan fingerprint density at radius 3 is 2.95 bits per heavy atom. The summed E-state index contributed by atoms with van der Waals surface area (Å²) in [6.07, 6.45) is 6.32. The maximum absolute atomic E-state index is 11.7. The van der Waals surface area contributed by atoms with Crippen molar-refractivity contribution in [2.45, 2.75) is 50.6 Å². The van der Waals surface area contributed by atoms with Gasteiger partial charge in [-0.2, -0.15) is 0 Å². The van der Waals surface area contributed by atoms with E-state index in [0.717, 1.165) is 38.0 Å². The van der Waals surface area contributed by atoms with E-state index in [1.807, 2.05) is 6.07 Å². The number of amides is 1. The second-order valence-corrected chi connectivity index (χ2v) is 6.06. The van der Waals surface area contributed by atoms with Gasteiger partial charge < -0.3 is 15.4 Å². The van der Waals surface area contributed by atoms with Crippen LogP contribution in [0.3, 0.4) is 0 Å². The highest BCUT2D eigenvalue weighted by Gasteiger charge is 2.23. The molecule has 0 saturated heterocycles. The Morgan fingerprint density at radius 2 is 2.19 bits per heavy atom. The lowest BCUT2D eigenvalue weighted by atomic mass is 9.87. The van der Waals surface area contributed by atoms with Crippen LogP contribution in [0.15, 0.2) is 18.2 Å². The molecule has 2 aliphatic rings. The van der Waals surface area contributed by atoms with E-state index in [2.05, 4.69) is 22.8 Å². The van der Waals surface area contributed by atoms with E-state index in [1.54, 1.807) is 7.11 Å². The van der Waals surface area contributed by atoms with E-state index < -0.39 is 0 Å². The average molecular weight is 288 g/mol. The zero-order valence-corrected chi connectivity index (χ0v) is 12.7. The summed E-state index contributed by atoms with van der Waals surface area (Å²) in [5, 5.41) is 6.57.